The monoisotopic (exact) mass is 393 g/mol. The van der Waals surface area contributed by atoms with E-state index in [-0.39, 0.29) is 18.0 Å². The lowest BCUT2D eigenvalue weighted by Gasteiger charge is -2.23. The minimum atomic E-state index is -3.60. The van der Waals surface area contributed by atoms with Crippen molar-refractivity contribution < 1.29 is 27.4 Å². The Bertz CT molecular complexity index is 836. The molecule has 0 aliphatic carbocycles. The highest BCUT2D eigenvalue weighted by molar-refractivity contribution is 7.89. The van der Waals surface area contributed by atoms with Crippen molar-refractivity contribution in [3.8, 4) is 5.75 Å². The maximum absolute atomic E-state index is 12.7. The highest BCUT2D eigenvalue weighted by atomic mass is 32.2. The SMILES string of the molecule is COC(=O)COc1ccc(C(CN(C)S(=O)(=O)c2ccccc2)OC)cc1. The van der Waals surface area contributed by atoms with Gasteiger partial charge in [0.25, 0.3) is 0 Å². The maximum atomic E-state index is 12.7. The molecule has 146 valence electrons. The minimum absolute atomic E-state index is 0.149. The van der Waals surface area contributed by atoms with E-state index in [9.17, 15) is 13.2 Å². The molecule has 2 rings (SSSR count). The second-order valence-corrected chi connectivity index (χ2v) is 7.80. The van der Waals surface area contributed by atoms with E-state index in [1.807, 2.05) is 0 Å². The molecule has 0 bridgehead atoms. The molecule has 1 atom stereocenters. The van der Waals surface area contributed by atoms with Gasteiger partial charge in [-0.05, 0) is 29.8 Å². The molecule has 0 N–H and O–H groups in total. The largest absolute Gasteiger partial charge is 0.482 e. The summed E-state index contributed by atoms with van der Waals surface area (Å²) in [4.78, 5) is 11.3. The summed E-state index contributed by atoms with van der Waals surface area (Å²) in [6.07, 6.45) is -0.455. The van der Waals surface area contributed by atoms with Crippen LogP contribution in [0.1, 0.15) is 11.7 Å². The van der Waals surface area contributed by atoms with Gasteiger partial charge >= 0.3 is 5.97 Å². The van der Waals surface area contributed by atoms with Crippen LogP contribution in [0.3, 0.4) is 0 Å². The predicted octanol–water partition coefficient (Wildman–Crippen LogP) is 2.25. The number of hydrogen-bond acceptors (Lipinski definition) is 6. The Morgan fingerprint density at radius 1 is 1.04 bits per heavy atom. The first-order chi connectivity index (χ1) is 12.9. The number of benzene rings is 2. The standard InChI is InChI=1S/C19H23NO6S/c1-20(27(22,23)17-7-5-4-6-8-17)13-18(24-2)15-9-11-16(12-10-15)26-14-19(21)25-3/h4-12,18H,13-14H2,1-3H3. The van der Waals surface area contributed by atoms with E-state index in [1.54, 1.807) is 54.6 Å². The molecule has 1 unspecified atom stereocenters. The van der Waals surface area contributed by atoms with Gasteiger partial charge < -0.3 is 14.2 Å². The molecule has 0 saturated heterocycles. The van der Waals surface area contributed by atoms with Crippen molar-refractivity contribution in [3.05, 3.63) is 60.2 Å². The van der Waals surface area contributed by atoms with E-state index < -0.39 is 22.1 Å². The third kappa shape index (κ3) is 5.53. The van der Waals surface area contributed by atoms with E-state index in [1.165, 1.54) is 25.6 Å². The fourth-order valence-electron chi connectivity index (χ4n) is 2.40. The summed E-state index contributed by atoms with van der Waals surface area (Å²) >= 11 is 0. The van der Waals surface area contributed by atoms with Crippen molar-refractivity contribution in [3.63, 3.8) is 0 Å². The Kier molecular flexibility index (Phi) is 7.35. The Morgan fingerprint density at radius 3 is 2.22 bits per heavy atom. The summed E-state index contributed by atoms with van der Waals surface area (Å²) in [5, 5.41) is 0. The molecule has 0 heterocycles. The number of hydrogen-bond donors (Lipinski definition) is 0. The summed E-state index contributed by atoms with van der Waals surface area (Å²) in [5.74, 6) is 0.0332. The van der Waals surface area contributed by atoms with Gasteiger partial charge in [-0.25, -0.2) is 13.2 Å². The van der Waals surface area contributed by atoms with Crippen LogP contribution < -0.4 is 4.74 Å². The predicted molar refractivity (Wildman–Crippen MR) is 100.0 cm³/mol. The molecule has 0 aliphatic heterocycles. The van der Waals surface area contributed by atoms with Crippen LogP contribution in [0.5, 0.6) is 5.75 Å². The molecule has 2 aromatic rings. The van der Waals surface area contributed by atoms with E-state index in [4.69, 9.17) is 9.47 Å². The Labute approximate surface area is 159 Å². The van der Waals surface area contributed by atoms with Crippen LogP contribution in [-0.2, 0) is 24.3 Å². The van der Waals surface area contributed by atoms with Gasteiger partial charge in [-0.3, -0.25) is 0 Å². The minimum Gasteiger partial charge on any atom is -0.482 e. The molecule has 7 nitrogen and oxygen atoms in total. The van der Waals surface area contributed by atoms with Crippen LogP contribution in [0.2, 0.25) is 0 Å². The second kappa shape index (κ2) is 9.50. The van der Waals surface area contributed by atoms with Gasteiger partial charge in [0.2, 0.25) is 10.0 Å². The average Bonchev–Trinajstić information content (AvgIpc) is 2.71. The zero-order chi connectivity index (χ0) is 19.9. The highest BCUT2D eigenvalue weighted by Crippen LogP contribution is 2.23. The van der Waals surface area contributed by atoms with Gasteiger partial charge in [0.05, 0.1) is 18.1 Å². The van der Waals surface area contributed by atoms with Crippen LogP contribution in [0, 0.1) is 0 Å². The average molecular weight is 393 g/mol. The van der Waals surface area contributed by atoms with Crippen LogP contribution in [0.25, 0.3) is 0 Å². The molecular weight excluding hydrogens is 370 g/mol. The van der Waals surface area contributed by atoms with E-state index in [0.717, 1.165) is 5.56 Å². The molecule has 0 fully saturated rings. The van der Waals surface area contributed by atoms with Crippen molar-refractivity contribution in [2.45, 2.75) is 11.0 Å². The van der Waals surface area contributed by atoms with Crippen molar-refractivity contribution >= 4 is 16.0 Å². The number of carbonyl (C=O) groups is 1. The first kappa shape index (κ1) is 20.9. The molecule has 2 aromatic carbocycles. The lowest BCUT2D eigenvalue weighted by Crippen LogP contribution is -2.31. The number of carbonyl (C=O) groups excluding carboxylic acids is 1. The van der Waals surface area contributed by atoms with Gasteiger partial charge in [-0.1, -0.05) is 30.3 Å². The molecule has 0 aromatic heterocycles. The number of ether oxygens (including phenoxy) is 3. The third-order valence-electron chi connectivity index (χ3n) is 4.00. The highest BCUT2D eigenvalue weighted by Gasteiger charge is 2.24. The lowest BCUT2D eigenvalue weighted by molar-refractivity contribution is -0.142. The van der Waals surface area contributed by atoms with Crippen LogP contribution in [-0.4, -0.2) is 53.1 Å². The Morgan fingerprint density at radius 2 is 1.67 bits per heavy atom. The molecule has 0 aliphatic rings. The molecule has 27 heavy (non-hydrogen) atoms. The fraction of sp³-hybridized carbons (Fsp3) is 0.316. The zero-order valence-corrected chi connectivity index (χ0v) is 16.3. The van der Waals surface area contributed by atoms with E-state index >= 15 is 0 Å². The number of esters is 1. The zero-order valence-electron chi connectivity index (χ0n) is 15.5. The normalized spacial score (nSPS) is 12.6. The number of methoxy groups -OCH3 is 2. The summed E-state index contributed by atoms with van der Waals surface area (Å²) < 4.78 is 41.9. The van der Waals surface area contributed by atoms with Gasteiger partial charge in [0.15, 0.2) is 6.61 Å². The quantitative estimate of drug-likeness (QED) is 0.608. The number of sulfonamides is 1. The third-order valence-corrected chi connectivity index (χ3v) is 5.83. The summed E-state index contributed by atoms with van der Waals surface area (Å²) in [6.45, 7) is -0.0301. The second-order valence-electron chi connectivity index (χ2n) is 5.76. The number of likely N-dealkylation sites (N-methyl/N-ethyl adjacent to an activating group) is 1. The first-order valence-electron chi connectivity index (χ1n) is 8.22. The molecule has 0 spiro atoms. The van der Waals surface area contributed by atoms with Crippen molar-refractivity contribution in [2.24, 2.45) is 0 Å². The maximum Gasteiger partial charge on any atom is 0.343 e. The Hall–Kier alpha value is -2.42. The fourth-order valence-corrected chi connectivity index (χ4v) is 3.59. The number of nitrogens with zero attached hydrogens (tertiary/aromatic N) is 1. The molecule has 0 radical (unpaired) electrons. The molecular formula is C19H23NO6S. The Balaban J connectivity index is 2.07. The summed E-state index contributed by atoms with van der Waals surface area (Å²) in [6, 6.07) is 15.2. The topological polar surface area (TPSA) is 82.1 Å². The van der Waals surface area contributed by atoms with Gasteiger partial charge in [-0.15, -0.1) is 0 Å². The van der Waals surface area contributed by atoms with Crippen molar-refractivity contribution in [1.29, 1.82) is 0 Å². The smallest absolute Gasteiger partial charge is 0.343 e. The van der Waals surface area contributed by atoms with Crippen LogP contribution >= 0.6 is 0 Å². The number of rotatable bonds is 9. The summed E-state index contributed by atoms with van der Waals surface area (Å²) in [7, 11) is 0.725. The van der Waals surface area contributed by atoms with Gasteiger partial charge in [-0.2, -0.15) is 4.31 Å². The lowest BCUT2D eigenvalue weighted by atomic mass is 10.1. The van der Waals surface area contributed by atoms with Gasteiger partial charge in [0.1, 0.15) is 5.75 Å². The van der Waals surface area contributed by atoms with E-state index in [0.29, 0.717) is 5.75 Å². The van der Waals surface area contributed by atoms with E-state index in [2.05, 4.69) is 4.74 Å². The summed E-state index contributed by atoms with van der Waals surface area (Å²) in [5.41, 5.74) is 0.790. The molecule has 8 heteroatoms. The van der Waals surface area contributed by atoms with Crippen molar-refractivity contribution in [2.75, 3.05) is 34.4 Å². The first-order valence-corrected chi connectivity index (χ1v) is 9.66. The van der Waals surface area contributed by atoms with Crippen LogP contribution in [0.4, 0.5) is 0 Å². The van der Waals surface area contributed by atoms with Gasteiger partial charge in [0, 0.05) is 20.7 Å². The van der Waals surface area contributed by atoms with Crippen LogP contribution in [0.15, 0.2) is 59.5 Å². The molecule has 0 amide bonds. The van der Waals surface area contributed by atoms with Crippen molar-refractivity contribution in [1.82, 2.24) is 4.31 Å². The molecule has 0 saturated carbocycles.